The lowest BCUT2D eigenvalue weighted by Gasteiger charge is -2.34. The Hall–Kier alpha value is -0.0800. The molecule has 1 aliphatic carbocycles. The molecule has 0 N–H and O–H groups in total. The van der Waals surface area contributed by atoms with Crippen molar-refractivity contribution in [3.8, 4) is 0 Å². The summed E-state index contributed by atoms with van der Waals surface area (Å²) in [6.07, 6.45) is 2.59. The molecule has 0 aromatic carbocycles. The molecule has 0 amide bonds. The highest BCUT2D eigenvalue weighted by Crippen LogP contribution is 2.41. The van der Waals surface area contributed by atoms with Crippen LogP contribution in [0.15, 0.2) is 0 Å². The zero-order valence-electron chi connectivity index (χ0n) is 8.18. The van der Waals surface area contributed by atoms with Crippen LogP contribution in [0.2, 0.25) is 0 Å². The van der Waals surface area contributed by atoms with E-state index in [1.165, 1.54) is 25.9 Å². The third-order valence-corrected chi connectivity index (χ3v) is 2.76. The number of nitrogens with zero attached hydrogens (tertiary/aromatic N) is 1. The van der Waals surface area contributed by atoms with Crippen molar-refractivity contribution in [1.29, 1.82) is 0 Å². The summed E-state index contributed by atoms with van der Waals surface area (Å²) in [7, 11) is 0. The van der Waals surface area contributed by atoms with Crippen molar-refractivity contribution in [3.05, 3.63) is 0 Å². The van der Waals surface area contributed by atoms with Crippen LogP contribution in [-0.4, -0.2) is 36.7 Å². The number of ether oxygens (including phenoxy) is 1. The van der Waals surface area contributed by atoms with E-state index in [9.17, 15) is 0 Å². The lowest BCUT2D eigenvalue weighted by Crippen LogP contribution is -2.45. The Balaban J connectivity index is 1.83. The van der Waals surface area contributed by atoms with Gasteiger partial charge in [-0.15, -0.1) is 0 Å². The third-order valence-electron chi connectivity index (χ3n) is 2.76. The average Bonchev–Trinajstić information content (AvgIpc) is 2.68. The van der Waals surface area contributed by atoms with Gasteiger partial charge in [0, 0.05) is 19.6 Å². The predicted octanol–water partition coefficient (Wildman–Crippen LogP) is 1.51. The molecule has 1 aliphatic heterocycles. The van der Waals surface area contributed by atoms with Crippen LogP contribution in [0, 0.1) is 5.92 Å². The van der Waals surface area contributed by atoms with Gasteiger partial charge in [0.05, 0.1) is 12.2 Å². The molecule has 2 rings (SSSR count). The average molecular weight is 169 g/mol. The van der Waals surface area contributed by atoms with E-state index < -0.39 is 0 Å². The minimum absolute atomic E-state index is 0.313. The van der Waals surface area contributed by atoms with Gasteiger partial charge in [0.25, 0.3) is 0 Å². The van der Waals surface area contributed by atoms with E-state index in [4.69, 9.17) is 4.74 Å². The molecule has 1 heterocycles. The Morgan fingerprint density at radius 3 is 2.75 bits per heavy atom. The molecule has 2 heteroatoms. The second-order valence-electron chi connectivity index (χ2n) is 4.66. The normalized spacial score (nSPS) is 28.2. The van der Waals surface area contributed by atoms with Crippen molar-refractivity contribution in [3.63, 3.8) is 0 Å². The van der Waals surface area contributed by atoms with Gasteiger partial charge < -0.3 is 4.74 Å². The number of morpholine rings is 1. The molecule has 2 fully saturated rings. The van der Waals surface area contributed by atoms with Gasteiger partial charge in [-0.3, -0.25) is 4.90 Å². The quantitative estimate of drug-likeness (QED) is 0.621. The van der Waals surface area contributed by atoms with E-state index in [1.807, 2.05) is 0 Å². The summed E-state index contributed by atoms with van der Waals surface area (Å²) in [6, 6.07) is 0. The highest BCUT2D eigenvalue weighted by Gasteiger charge is 2.47. The lowest BCUT2D eigenvalue weighted by atomic mass is 10.1. The minimum Gasteiger partial charge on any atom is -0.372 e. The topological polar surface area (TPSA) is 12.5 Å². The van der Waals surface area contributed by atoms with E-state index in [-0.39, 0.29) is 0 Å². The van der Waals surface area contributed by atoms with Crippen molar-refractivity contribution in [2.45, 2.75) is 32.3 Å². The molecule has 0 bridgehead atoms. The number of rotatable bonds is 2. The van der Waals surface area contributed by atoms with Crippen LogP contribution in [0.25, 0.3) is 0 Å². The van der Waals surface area contributed by atoms with Gasteiger partial charge in [0.15, 0.2) is 0 Å². The van der Waals surface area contributed by atoms with Crippen molar-refractivity contribution in [1.82, 2.24) is 4.90 Å². The molecular weight excluding hydrogens is 150 g/mol. The first-order valence-corrected chi connectivity index (χ1v) is 5.07. The van der Waals surface area contributed by atoms with Crippen LogP contribution in [0.3, 0.4) is 0 Å². The predicted molar refractivity (Wildman–Crippen MR) is 49.2 cm³/mol. The maximum Gasteiger partial charge on any atom is 0.0811 e. The second-order valence-corrected chi connectivity index (χ2v) is 4.66. The fourth-order valence-corrected chi connectivity index (χ4v) is 2.04. The molecule has 0 aromatic heterocycles. The first kappa shape index (κ1) is 8.52. The molecule has 70 valence electrons. The van der Waals surface area contributed by atoms with E-state index in [0.29, 0.717) is 5.60 Å². The zero-order chi connectivity index (χ0) is 8.60. The first-order chi connectivity index (χ1) is 5.70. The van der Waals surface area contributed by atoms with Crippen LogP contribution in [0.1, 0.15) is 26.7 Å². The van der Waals surface area contributed by atoms with Gasteiger partial charge in [-0.05, 0) is 18.8 Å². The van der Waals surface area contributed by atoms with Crippen LogP contribution in [-0.2, 0) is 4.74 Å². The van der Waals surface area contributed by atoms with E-state index in [1.54, 1.807) is 0 Å². The Morgan fingerprint density at radius 2 is 2.17 bits per heavy atom. The summed E-state index contributed by atoms with van der Waals surface area (Å²) in [5.41, 5.74) is 0.313. The van der Waals surface area contributed by atoms with Crippen LogP contribution >= 0.6 is 0 Å². The fourth-order valence-electron chi connectivity index (χ4n) is 2.04. The van der Waals surface area contributed by atoms with Crippen molar-refractivity contribution in [2.24, 2.45) is 5.92 Å². The number of hydrogen-bond acceptors (Lipinski definition) is 2. The van der Waals surface area contributed by atoms with Gasteiger partial charge >= 0.3 is 0 Å². The van der Waals surface area contributed by atoms with Gasteiger partial charge in [0.1, 0.15) is 0 Å². The van der Waals surface area contributed by atoms with E-state index >= 15 is 0 Å². The molecule has 2 nitrogen and oxygen atoms in total. The second kappa shape index (κ2) is 3.00. The molecule has 0 radical (unpaired) electrons. The standard InChI is InChI=1S/C10H19NO/c1-9(2)7-11-5-6-12-10(8-11)3-4-10/h9H,3-8H2,1-2H3. The van der Waals surface area contributed by atoms with E-state index in [2.05, 4.69) is 18.7 Å². The Bertz CT molecular complexity index is 163. The minimum atomic E-state index is 0.313. The lowest BCUT2D eigenvalue weighted by molar-refractivity contribution is -0.0487. The van der Waals surface area contributed by atoms with E-state index in [0.717, 1.165) is 19.1 Å². The van der Waals surface area contributed by atoms with Crippen molar-refractivity contribution < 1.29 is 4.74 Å². The van der Waals surface area contributed by atoms with Crippen LogP contribution < -0.4 is 0 Å². The Morgan fingerprint density at radius 1 is 1.42 bits per heavy atom. The zero-order valence-corrected chi connectivity index (χ0v) is 8.18. The van der Waals surface area contributed by atoms with Gasteiger partial charge in [-0.1, -0.05) is 13.8 Å². The monoisotopic (exact) mass is 169 g/mol. The summed E-state index contributed by atoms with van der Waals surface area (Å²) >= 11 is 0. The molecule has 1 spiro atoms. The first-order valence-electron chi connectivity index (χ1n) is 5.07. The molecule has 12 heavy (non-hydrogen) atoms. The highest BCUT2D eigenvalue weighted by molar-refractivity contribution is 5.00. The molecule has 0 atom stereocenters. The maximum atomic E-state index is 5.75. The summed E-state index contributed by atoms with van der Waals surface area (Å²) in [5.74, 6) is 0.791. The largest absolute Gasteiger partial charge is 0.372 e. The summed E-state index contributed by atoms with van der Waals surface area (Å²) < 4.78 is 5.75. The van der Waals surface area contributed by atoms with Crippen LogP contribution in [0.4, 0.5) is 0 Å². The molecule has 1 saturated heterocycles. The molecule has 0 unspecified atom stereocenters. The fraction of sp³-hybridized carbons (Fsp3) is 1.00. The Kier molecular flexibility index (Phi) is 2.13. The number of hydrogen-bond donors (Lipinski definition) is 0. The van der Waals surface area contributed by atoms with Crippen molar-refractivity contribution in [2.75, 3.05) is 26.2 Å². The van der Waals surface area contributed by atoms with Gasteiger partial charge in [0.2, 0.25) is 0 Å². The summed E-state index contributed by atoms with van der Waals surface area (Å²) in [6.45, 7) is 9.09. The van der Waals surface area contributed by atoms with Gasteiger partial charge in [-0.2, -0.15) is 0 Å². The third kappa shape index (κ3) is 1.80. The summed E-state index contributed by atoms with van der Waals surface area (Å²) in [4.78, 5) is 2.56. The molecule has 0 aromatic rings. The Labute approximate surface area is 74.9 Å². The molecule has 1 saturated carbocycles. The molecule has 2 aliphatic rings. The smallest absolute Gasteiger partial charge is 0.0811 e. The highest BCUT2D eigenvalue weighted by atomic mass is 16.5. The SMILES string of the molecule is CC(C)CN1CCOC2(CC2)C1. The summed E-state index contributed by atoms with van der Waals surface area (Å²) in [5, 5.41) is 0. The molecular formula is C10H19NO. The van der Waals surface area contributed by atoms with Crippen LogP contribution in [0.5, 0.6) is 0 Å². The van der Waals surface area contributed by atoms with Gasteiger partial charge in [-0.25, -0.2) is 0 Å². The maximum absolute atomic E-state index is 5.75. The van der Waals surface area contributed by atoms with Crippen molar-refractivity contribution >= 4 is 0 Å².